The van der Waals surface area contributed by atoms with Gasteiger partial charge in [-0.05, 0) is 49.1 Å². The summed E-state index contributed by atoms with van der Waals surface area (Å²) in [7, 11) is 0. The quantitative estimate of drug-likeness (QED) is 0.525. The number of thioether (sulfide) groups is 1. The number of amides is 2. The fourth-order valence-corrected chi connectivity index (χ4v) is 4.91. The number of carbonyl (C=O) groups excluding carboxylic acids is 3. The van der Waals surface area contributed by atoms with Crippen molar-refractivity contribution in [3.63, 3.8) is 0 Å². The lowest BCUT2D eigenvalue weighted by Gasteiger charge is -2.07. The molecular formula is C18H17ClN2O4S2. The Morgan fingerprint density at radius 1 is 1.22 bits per heavy atom. The second kappa shape index (κ2) is 8.77. The van der Waals surface area contributed by atoms with Crippen molar-refractivity contribution in [2.45, 2.75) is 24.2 Å². The van der Waals surface area contributed by atoms with Crippen molar-refractivity contribution < 1.29 is 19.1 Å². The van der Waals surface area contributed by atoms with Crippen LogP contribution in [0.1, 0.15) is 27.2 Å². The van der Waals surface area contributed by atoms with Crippen LogP contribution in [0.5, 0.6) is 0 Å². The highest BCUT2D eigenvalue weighted by molar-refractivity contribution is 8.00. The van der Waals surface area contributed by atoms with Crippen LogP contribution in [0.15, 0.2) is 29.2 Å². The van der Waals surface area contributed by atoms with Crippen LogP contribution in [0.4, 0.5) is 5.00 Å². The van der Waals surface area contributed by atoms with E-state index < -0.39 is 24.4 Å². The van der Waals surface area contributed by atoms with E-state index in [1.165, 1.54) is 23.1 Å². The summed E-state index contributed by atoms with van der Waals surface area (Å²) in [6, 6.07) is 7.07. The number of hydrogen-bond donors (Lipinski definition) is 2. The van der Waals surface area contributed by atoms with Gasteiger partial charge in [-0.2, -0.15) is 0 Å². The predicted octanol–water partition coefficient (Wildman–Crippen LogP) is 3.26. The average Bonchev–Trinajstić information content (AvgIpc) is 3.19. The molecule has 1 heterocycles. The number of halogens is 1. The van der Waals surface area contributed by atoms with E-state index in [0.717, 1.165) is 34.6 Å². The number of nitrogens with two attached hydrogens (primary N) is 1. The fraction of sp³-hybridized carbons (Fsp3) is 0.278. The second-order valence-electron chi connectivity index (χ2n) is 5.88. The molecule has 1 aromatic heterocycles. The molecule has 0 saturated carbocycles. The first-order chi connectivity index (χ1) is 12.9. The lowest BCUT2D eigenvalue weighted by Crippen LogP contribution is -2.23. The van der Waals surface area contributed by atoms with Crippen LogP contribution < -0.4 is 11.1 Å². The van der Waals surface area contributed by atoms with E-state index in [0.29, 0.717) is 15.6 Å². The number of benzene rings is 1. The zero-order valence-electron chi connectivity index (χ0n) is 14.2. The van der Waals surface area contributed by atoms with E-state index in [1.807, 2.05) is 0 Å². The van der Waals surface area contributed by atoms with Gasteiger partial charge in [-0.1, -0.05) is 11.6 Å². The van der Waals surface area contributed by atoms with E-state index in [1.54, 1.807) is 24.3 Å². The Kier molecular flexibility index (Phi) is 6.41. The molecule has 3 rings (SSSR count). The number of esters is 1. The number of thiophene rings is 1. The van der Waals surface area contributed by atoms with Gasteiger partial charge in [0.15, 0.2) is 6.61 Å². The molecule has 1 aliphatic rings. The van der Waals surface area contributed by atoms with Gasteiger partial charge in [0.25, 0.3) is 11.8 Å². The molecule has 0 spiro atoms. The van der Waals surface area contributed by atoms with E-state index in [9.17, 15) is 14.4 Å². The van der Waals surface area contributed by atoms with Crippen LogP contribution >= 0.6 is 34.7 Å². The molecule has 0 fully saturated rings. The van der Waals surface area contributed by atoms with Gasteiger partial charge in [-0.3, -0.25) is 14.4 Å². The number of nitrogens with one attached hydrogen (secondary N) is 1. The maximum Gasteiger partial charge on any atom is 0.316 e. The topological polar surface area (TPSA) is 98.5 Å². The molecule has 6 nitrogen and oxygen atoms in total. The van der Waals surface area contributed by atoms with Crippen molar-refractivity contribution in [1.82, 2.24) is 0 Å². The molecule has 0 unspecified atom stereocenters. The first-order valence-corrected chi connectivity index (χ1v) is 10.4. The number of aryl methyl sites for hydroxylation is 1. The van der Waals surface area contributed by atoms with Crippen molar-refractivity contribution >= 4 is 57.5 Å². The summed E-state index contributed by atoms with van der Waals surface area (Å²) in [5.41, 5.74) is 6.76. The normalized spacial score (nSPS) is 12.5. The van der Waals surface area contributed by atoms with Crippen molar-refractivity contribution in [2.75, 3.05) is 17.7 Å². The van der Waals surface area contributed by atoms with E-state index in [-0.39, 0.29) is 5.75 Å². The molecule has 0 saturated heterocycles. The summed E-state index contributed by atoms with van der Waals surface area (Å²) >= 11 is 8.46. The van der Waals surface area contributed by atoms with Crippen LogP contribution in [0.2, 0.25) is 5.02 Å². The molecule has 142 valence electrons. The molecule has 0 radical (unpaired) electrons. The monoisotopic (exact) mass is 424 g/mol. The highest BCUT2D eigenvalue weighted by Gasteiger charge is 2.26. The van der Waals surface area contributed by atoms with Crippen molar-refractivity contribution in [1.29, 1.82) is 0 Å². The first kappa shape index (κ1) is 19.7. The molecule has 0 aliphatic heterocycles. The van der Waals surface area contributed by atoms with Gasteiger partial charge < -0.3 is 15.8 Å². The Morgan fingerprint density at radius 2 is 1.96 bits per heavy atom. The van der Waals surface area contributed by atoms with Crippen molar-refractivity contribution in [2.24, 2.45) is 5.73 Å². The smallest absolute Gasteiger partial charge is 0.316 e. The number of anilines is 1. The number of primary amides is 1. The Bertz CT molecular complexity index is 880. The minimum atomic E-state index is -0.555. The van der Waals surface area contributed by atoms with Crippen LogP contribution in [0, 0.1) is 0 Å². The van der Waals surface area contributed by atoms with Gasteiger partial charge in [-0.15, -0.1) is 23.1 Å². The SMILES string of the molecule is NC(=O)c1c(NC(=O)COC(=O)CSc2ccc(Cl)cc2)sc2c1CCC2. The van der Waals surface area contributed by atoms with Crippen LogP contribution in [0.25, 0.3) is 0 Å². The maximum absolute atomic E-state index is 12.1. The Labute approximate surface area is 169 Å². The summed E-state index contributed by atoms with van der Waals surface area (Å²) in [6.45, 7) is -0.416. The molecule has 0 atom stereocenters. The highest BCUT2D eigenvalue weighted by Crippen LogP contribution is 2.38. The third-order valence-electron chi connectivity index (χ3n) is 3.96. The highest BCUT2D eigenvalue weighted by atomic mass is 35.5. The lowest BCUT2D eigenvalue weighted by molar-refractivity contribution is -0.144. The third kappa shape index (κ3) is 5.03. The molecular weight excluding hydrogens is 408 g/mol. The van der Waals surface area contributed by atoms with Crippen molar-refractivity contribution in [3.05, 3.63) is 45.3 Å². The number of carbonyl (C=O) groups is 3. The van der Waals surface area contributed by atoms with Crippen LogP contribution in [-0.2, 0) is 27.2 Å². The molecule has 27 heavy (non-hydrogen) atoms. The van der Waals surface area contributed by atoms with Crippen molar-refractivity contribution in [3.8, 4) is 0 Å². The summed E-state index contributed by atoms with van der Waals surface area (Å²) in [4.78, 5) is 37.5. The third-order valence-corrected chi connectivity index (χ3v) is 6.40. The zero-order chi connectivity index (χ0) is 19.4. The van der Waals surface area contributed by atoms with Gasteiger partial charge in [0.2, 0.25) is 0 Å². The van der Waals surface area contributed by atoms with E-state index in [2.05, 4.69) is 5.32 Å². The van der Waals surface area contributed by atoms with E-state index >= 15 is 0 Å². The largest absolute Gasteiger partial charge is 0.455 e. The summed E-state index contributed by atoms with van der Waals surface area (Å²) in [6.07, 6.45) is 2.66. The minimum absolute atomic E-state index is 0.0781. The lowest BCUT2D eigenvalue weighted by atomic mass is 10.1. The first-order valence-electron chi connectivity index (χ1n) is 8.22. The van der Waals surface area contributed by atoms with E-state index in [4.69, 9.17) is 22.1 Å². The Balaban J connectivity index is 1.49. The summed E-state index contributed by atoms with van der Waals surface area (Å²) in [5.74, 6) is -1.48. The van der Waals surface area contributed by atoms with Gasteiger partial charge in [0.05, 0.1) is 11.3 Å². The van der Waals surface area contributed by atoms with Gasteiger partial charge >= 0.3 is 5.97 Å². The minimum Gasteiger partial charge on any atom is -0.455 e. The van der Waals surface area contributed by atoms with Crippen LogP contribution in [-0.4, -0.2) is 30.1 Å². The van der Waals surface area contributed by atoms with Crippen LogP contribution in [0.3, 0.4) is 0 Å². The fourth-order valence-electron chi connectivity index (χ4n) is 2.78. The Hall–Kier alpha value is -2.03. The average molecular weight is 425 g/mol. The molecule has 0 bridgehead atoms. The zero-order valence-corrected chi connectivity index (χ0v) is 16.6. The van der Waals surface area contributed by atoms with Gasteiger partial charge in [-0.25, -0.2) is 0 Å². The number of rotatable bonds is 7. The van der Waals surface area contributed by atoms with Gasteiger partial charge in [0.1, 0.15) is 5.00 Å². The molecule has 3 N–H and O–H groups in total. The summed E-state index contributed by atoms with van der Waals surface area (Å²) < 4.78 is 4.99. The summed E-state index contributed by atoms with van der Waals surface area (Å²) in [5, 5.41) is 3.69. The number of fused-ring (bicyclic) bond motifs is 1. The molecule has 1 aliphatic carbocycles. The molecule has 2 amide bonds. The Morgan fingerprint density at radius 3 is 2.67 bits per heavy atom. The molecule has 9 heteroatoms. The predicted molar refractivity (Wildman–Crippen MR) is 107 cm³/mol. The second-order valence-corrected chi connectivity index (χ2v) is 8.47. The molecule has 2 aromatic rings. The standard InChI is InChI=1S/C18H17ClN2O4S2/c19-10-4-6-11(7-5-10)26-9-15(23)25-8-14(22)21-18-16(17(20)24)12-2-1-3-13(12)27-18/h4-7H,1-3,8-9H2,(H2,20,24)(H,21,22). The maximum atomic E-state index is 12.1. The number of hydrogen-bond acceptors (Lipinski definition) is 6. The molecule has 1 aromatic carbocycles. The number of ether oxygens (including phenoxy) is 1. The van der Waals surface area contributed by atoms with Gasteiger partial charge in [0, 0.05) is 14.8 Å².